The van der Waals surface area contributed by atoms with Crippen molar-refractivity contribution in [3.63, 3.8) is 0 Å². The Morgan fingerprint density at radius 3 is 2.41 bits per heavy atom. The largest absolute Gasteiger partial charge is 0.573 e. The van der Waals surface area contributed by atoms with Crippen LogP contribution in [-0.2, 0) is 4.74 Å². The lowest BCUT2D eigenvalue weighted by molar-refractivity contribution is -0.274. The summed E-state index contributed by atoms with van der Waals surface area (Å²) < 4.78 is 44.9. The second kappa shape index (κ2) is 6.53. The first-order valence-electron chi connectivity index (χ1n) is 6.72. The highest BCUT2D eigenvalue weighted by molar-refractivity contribution is 5.94. The Kier molecular flexibility index (Phi) is 4.92. The molecule has 2 rings (SSSR count). The number of ether oxygens (including phenoxy) is 2. The van der Waals surface area contributed by atoms with Gasteiger partial charge in [-0.2, -0.15) is 0 Å². The fraction of sp³-hybridized carbons (Fsp3) is 0.500. The Labute approximate surface area is 125 Å². The molecule has 1 saturated heterocycles. The molecular formula is C14H16F3NO4. The van der Waals surface area contributed by atoms with Gasteiger partial charge in [0, 0.05) is 38.2 Å². The second-order valence-corrected chi connectivity index (χ2v) is 5.09. The van der Waals surface area contributed by atoms with E-state index in [1.807, 2.05) is 0 Å². The first kappa shape index (κ1) is 16.6. The van der Waals surface area contributed by atoms with Crippen LogP contribution in [-0.4, -0.2) is 42.7 Å². The lowest BCUT2D eigenvalue weighted by atomic mass is 9.94. The summed E-state index contributed by atoms with van der Waals surface area (Å²) in [5.74, 6) is -0.870. The van der Waals surface area contributed by atoms with Crippen molar-refractivity contribution in [3.8, 4) is 5.75 Å². The molecule has 22 heavy (non-hydrogen) atoms. The number of carbonyl (C=O) groups excluding carboxylic acids is 1. The highest BCUT2D eigenvalue weighted by atomic mass is 19.4. The van der Waals surface area contributed by atoms with E-state index in [2.05, 4.69) is 10.1 Å². The van der Waals surface area contributed by atoms with Crippen LogP contribution in [0.2, 0.25) is 0 Å². The third-order valence-electron chi connectivity index (χ3n) is 3.35. The molecule has 2 N–H and O–H groups in total. The normalized spacial score (nSPS) is 17.8. The first-order chi connectivity index (χ1) is 10.3. The molecule has 0 spiro atoms. The van der Waals surface area contributed by atoms with Gasteiger partial charge < -0.3 is 19.9 Å². The van der Waals surface area contributed by atoms with Crippen LogP contribution >= 0.6 is 0 Å². The fourth-order valence-electron chi connectivity index (χ4n) is 2.08. The molecular weight excluding hydrogens is 303 g/mol. The van der Waals surface area contributed by atoms with Crippen molar-refractivity contribution in [2.75, 3.05) is 19.8 Å². The number of hydrogen-bond acceptors (Lipinski definition) is 4. The molecule has 0 aromatic heterocycles. The van der Waals surface area contributed by atoms with Gasteiger partial charge in [0.05, 0.1) is 5.60 Å². The number of nitrogens with one attached hydrogen (secondary N) is 1. The summed E-state index contributed by atoms with van der Waals surface area (Å²) in [6, 6.07) is 4.58. The molecule has 1 heterocycles. The van der Waals surface area contributed by atoms with E-state index in [9.17, 15) is 23.1 Å². The van der Waals surface area contributed by atoms with Crippen molar-refractivity contribution < 1.29 is 32.5 Å². The van der Waals surface area contributed by atoms with Gasteiger partial charge in [0.15, 0.2) is 0 Å². The van der Waals surface area contributed by atoms with E-state index in [0.717, 1.165) is 12.1 Å². The van der Waals surface area contributed by atoms with Crippen molar-refractivity contribution in [1.29, 1.82) is 0 Å². The predicted octanol–water partition coefficient (Wildman–Crippen LogP) is 1.86. The third kappa shape index (κ3) is 4.88. The minimum Gasteiger partial charge on any atom is -0.406 e. The fourth-order valence-corrected chi connectivity index (χ4v) is 2.08. The van der Waals surface area contributed by atoms with E-state index in [0.29, 0.717) is 26.1 Å². The van der Waals surface area contributed by atoms with Gasteiger partial charge in [-0.1, -0.05) is 0 Å². The molecule has 1 aromatic rings. The SMILES string of the molecule is O=C(NCC1(O)CCOCC1)c1ccc(OC(F)(F)F)cc1. The number of aliphatic hydroxyl groups is 1. The molecule has 1 aliphatic heterocycles. The van der Waals surface area contributed by atoms with Gasteiger partial charge in [0.2, 0.25) is 0 Å². The van der Waals surface area contributed by atoms with E-state index < -0.39 is 23.6 Å². The van der Waals surface area contributed by atoms with E-state index in [1.54, 1.807) is 0 Å². The molecule has 1 aliphatic rings. The van der Waals surface area contributed by atoms with Crippen molar-refractivity contribution in [1.82, 2.24) is 5.32 Å². The average Bonchev–Trinajstić information content (AvgIpc) is 2.45. The molecule has 5 nitrogen and oxygen atoms in total. The Hall–Kier alpha value is -1.80. The molecule has 0 bridgehead atoms. The molecule has 1 amide bonds. The average molecular weight is 319 g/mol. The van der Waals surface area contributed by atoms with Gasteiger partial charge in [-0.25, -0.2) is 0 Å². The van der Waals surface area contributed by atoms with Crippen molar-refractivity contribution in [3.05, 3.63) is 29.8 Å². The van der Waals surface area contributed by atoms with Crippen molar-refractivity contribution in [2.45, 2.75) is 24.8 Å². The molecule has 8 heteroatoms. The summed E-state index contributed by atoms with van der Waals surface area (Å²) in [5.41, 5.74) is -0.821. The zero-order valence-corrected chi connectivity index (χ0v) is 11.7. The lowest BCUT2D eigenvalue weighted by Crippen LogP contribution is -2.46. The van der Waals surface area contributed by atoms with Gasteiger partial charge in [-0.15, -0.1) is 13.2 Å². The first-order valence-corrected chi connectivity index (χ1v) is 6.72. The summed E-state index contributed by atoms with van der Waals surface area (Å²) >= 11 is 0. The molecule has 0 unspecified atom stereocenters. The van der Waals surface area contributed by atoms with Crippen LogP contribution in [0, 0.1) is 0 Å². The van der Waals surface area contributed by atoms with Crippen LogP contribution in [0.3, 0.4) is 0 Å². The van der Waals surface area contributed by atoms with Crippen molar-refractivity contribution >= 4 is 5.91 Å². The maximum absolute atomic E-state index is 12.0. The number of benzene rings is 1. The molecule has 0 aliphatic carbocycles. The summed E-state index contributed by atoms with van der Waals surface area (Å²) in [4.78, 5) is 11.9. The molecule has 122 valence electrons. The second-order valence-electron chi connectivity index (χ2n) is 5.09. The number of rotatable bonds is 4. The summed E-state index contributed by atoms with van der Waals surface area (Å²) in [6.07, 6.45) is -3.92. The summed E-state index contributed by atoms with van der Waals surface area (Å²) in [7, 11) is 0. The molecule has 0 atom stereocenters. The number of hydrogen-bond donors (Lipinski definition) is 2. The van der Waals surface area contributed by atoms with E-state index >= 15 is 0 Å². The van der Waals surface area contributed by atoms with E-state index in [-0.39, 0.29) is 12.1 Å². The summed E-state index contributed by atoms with van der Waals surface area (Å²) in [5, 5.41) is 12.8. The van der Waals surface area contributed by atoms with Crippen LogP contribution in [0.25, 0.3) is 0 Å². The van der Waals surface area contributed by atoms with Crippen LogP contribution in [0.1, 0.15) is 23.2 Å². The van der Waals surface area contributed by atoms with Gasteiger partial charge in [-0.05, 0) is 24.3 Å². The van der Waals surface area contributed by atoms with Crippen LogP contribution in [0.15, 0.2) is 24.3 Å². The lowest BCUT2D eigenvalue weighted by Gasteiger charge is -2.32. The van der Waals surface area contributed by atoms with Crippen molar-refractivity contribution in [2.24, 2.45) is 0 Å². The molecule has 0 radical (unpaired) electrons. The van der Waals surface area contributed by atoms with Crippen LogP contribution in [0.4, 0.5) is 13.2 Å². The number of carbonyl (C=O) groups is 1. The highest BCUT2D eigenvalue weighted by Gasteiger charge is 2.31. The monoisotopic (exact) mass is 319 g/mol. The van der Waals surface area contributed by atoms with Gasteiger partial charge in [-0.3, -0.25) is 4.79 Å². The zero-order valence-electron chi connectivity index (χ0n) is 11.7. The van der Waals surface area contributed by atoms with Gasteiger partial charge in [0.25, 0.3) is 5.91 Å². The Balaban J connectivity index is 1.89. The quantitative estimate of drug-likeness (QED) is 0.889. The van der Waals surface area contributed by atoms with Crippen LogP contribution < -0.4 is 10.1 Å². The smallest absolute Gasteiger partial charge is 0.406 e. The van der Waals surface area contributed by atoms with Gasteiger partial charge >= 0.3 is 6.36 Å². The topological polar surface area (TPSA) is 67.8 Å². The summed E-state index contributed by atoms with van der Waals surface area (Å²) in [6.45, 7) is 0.918. The maximum Gasteiger partial charge on any atom is 0.573 e. The van der Waals surface area contributed by atoms with Gasteiger partial charge in [0.1, 0.15) is 5.75 Å². The number of amides is 1. The third-order valence-corrected chi connectivity index (χ3v) is 3.35. The van der Waals surface area contributed by atoms with E-state index in [4.69, 9.17) is 4.74 Å². The van der Waals surface area contributed by atoms with E-state index in [1.165, 1.54) is 12.1 Å². The number of halogens is 3. The highest BCUT2D eigenvalue weighted by Crippen LogP contribution is 2.23. The van der Waals surface area contributed by atoms with Crippen LogP contribution in [0.5, 0.6) is 5.75 Å². The zero-order chi connectivity index (χ0) is 16.2. The standard InChI is InChI=1S/C14H16F3NO4/c15-14(16,17)22-11-3-1-10(2-4-11)12(19)18-9-13(20)5-7-21-8-6-13/h1-4,20H,5-9H2,(H,18,19). The minimum absolute atomic E-state index is 0.0655. The maximum atomic E-state index is 12.0. The predicted molar refractivity (Wildman–Crippen MR) is 70.5 cm³/mol. The Morgan fingerprint density at radius 2 is 1.86 bits per heavy atom. The Morgan fingerprint density at radius 1 is 1.27 bits per heavy atom. The number of alkyl halides is 3. The molecule has 0 saturated carbocycles. The Bertz CT molecular complexity index is 510. The minimum atomic E-state index is -4.77. The molecule has 1 fully saturated rings. The molecule has 1 aromatic carbocycles.